The molecule has 6 heteroatoms. The molecule has 0 spiro atoms. The third-order valence-electron chi connectivity index (χ3n) is 3.13. The summed E-state index contributed by atoms with van der Waals surface area (Å²) in [6.07, 6.45) is 0. The molecule has 5 nitrogen and oxygen atoms in total. The van der Waals surface area contributed by atoms with Gasteiger partial charge in [0.05, 0.1) is 16.7 Å². The van der Waals surface area contributed by atoms with Crippen LogP contribution in [-0.2, 0) is 11.3 Å². The Kier molecular flexibility index (Phi) is 3.27. The van der Waals surface area contributed by atoms with Gasteiger partial charge in [-0.15, -0.1) is 0 Å². The van der Waals surface area contributed by atoms with E-state index in [9.17, 15) is 14.0 Å². The Morgan fingerprint density at radius 1 is 1.14 bits per heavy atom. The number of halogens is 1. The summed E-state index contributed by atoms with van der Waals surface area (Å²) in [5, 5.41) is 2.45. The van der Waals surface area contributed by atoms with E-state index >= 15 is 0 Å². The zero-order chi connectivity index (χ0) is 14.8. The van der Waals surface area contributed by atoms with E-state index in [0.29, 0.717) is 11.0 Å². The minimum Gasteiger partial charge on any atom is -0.322 e. The SMILES string of the molecule is O=C(Cn1c(=O)[nH]c2ccccc21)Nc1ccccc1F. The number of nitrogens with zero attached hydrogens (tertiary/aromatic N) is 1. The lowest BCUT2D eigenvalue weighted by Crippen LogP contribution is -2.26. The number of carbonyl (C=O) groups excluding carboxylic acids is 1. The lowest BCUT2D eigenvalue weighted by atomic mass is 10.3. The van der Waals surface area contributed by atoms with Crippen molar-refractivity contribution in [3.05, 3.63) is 64.8 Å². The largest absolute Gasteiger partial charge is 0.326 e. The van der Waals surface area contributed by atoms with Crippen LogP contribution in [0.2, 0.25) is 0 Å². The third-order valence-corrected chi connectivity index (χ3v) is 3.13. The predicted molar refractivity (Wildman–Crippen MR) is 77.6 cm³/mol. The Morgan fingerprint density at radius 3 is 2.67 bits per heavy atom. The summed E-state index contributed by atoms with van der Waals surface area (Å²) in [6.45, 7) is -0.183. The van der Waals surface area contributed by atoms with Crippen LogP contribution in [0.5, 0.6) is 0 Å². The Bertz CT molecular complexity index is 866. The zero-order valence-corrected chi connectivity index (χ0v) is 11.0. The fourth-order valence-corrected chi connectivity index (χ4v) is 2.16. The summed E-state index contributed by atoms with van der Waals surface area (Å²) in [5.41, 5.74) is 1.00. The van der Waals surface area contributed by atoms with Crippen molar-refractivity contribution in [1.29, 1.82) is 0 Å². The molecule has 3 rings (SSSR count). The number of aromatic amines is 1. The van der Waals surface area contributed by atoms with Crippen LogP contribution in [0.4, 0.5) is 10.1 Å². The number of anilines is 1. The molecule has 0 saturated heterocycles. The number of fused-ring (bicyclic) bond motifs is 1. The summed E-state index contributed by atoms with van der Waals surface area (Å²) in [5.74, 6) is -0.982. The predicted octanol–water partition coefficient (Wildman–Crippen LogP) is 2.11. The topological polar surface area (TPSA) is 66.9 Å². The Morgan fingerprint density at radius 2 is 1.86 bits per heavy atom. The minimum absolute atomic E-state index is 0.0930. The van der Waals surface area contributed by atoms with E-state index in [1.54, 1.807) is 30.3 Å². The van der Waals surface area contributed by atoms with Crippen LogP contribution < -0.4 is 11.0 Å². The molecule has 1 amide bonds. The molecule has 0 unspecified atom stereocenters. The van der Waals surface area contributed by atoms with E-state index in [1.807, 2.05) is 0 Å². The molecule has 0 bridgehead atoms. The molecule has 3 aromatic rings. The van der Waals surface area contributed by atoms with Gasteiger partial charge in [-0.1, -0.05) is 24.3 Å². The number of rotatable bonds is 3. The molecule has 0 radical (unpaired) electrons. The van der Waals surface area contributed by atoms with E-state index in [4.69, 9.17) is 0 Å². The van der Waals surface area contributed by atoms with Crippen molar-refractivity contribution < 1.29 is 9.18 Å². The number of para-hydroxylation sites is 3. The monoisotopic (exact) mass is 285 g/mol. The molecular formula is C15H12FN3O2. The fourth-order valence-electron chi connectivity index (χ4n) is 2.16. The van der Waals surface area contributed by atoms with Gasteiger partial charge in [-0.2, -0.15) is 0 Å². The molecule has 0 aliphatic carbocycles. The Labute approximate surface area is 119 Å². The van der Waals surface area contributed by atoms with Crippen LogP contribution in [0, 0.1) is 5.82 Å². The maximum atomic E-state index is 13.5. The van der Waals surface area contributed by atoms with Crippen LogP contribution in [0.1, 0.15) is 0 Å². The lowest BCUT2D eigenvalue weighted by molar-refractivity contribution is -0.116. The van der Waals surface area contributed by atoms with E-state index in [2.05, 4.69) is 10.3 Å². The summed E-state index contributed by atoms with van der Waals surface area (Å²) in [4.78, 5) is 26.5. The average molecular weight is 285 g/mol. The van der Waals surface area contributed by atoms with Crippen LogP contribution in [0.3, 0.4) is 0 Å². The van der Waals surface area contributed by atoms with E-state index in [-0.39, 0.29) is 17.9 Å². The highest BCUT2D eigenvalue weighted by Gasteiger charge is 2.11. The lowest BCUT2D eigenvalue weighted by Gasteiger charge is -2.07. The van der Waals surface area contributed by atoms with Gasteiger partial charge in [0.25, 0.3) is 0 Å². The Hall–Kier alpha value is -2.89. The van der Waals surface area contributed by atoms with Crippen molar-refractivity contribution >= 4 is 22.6 Å². The van der Waals surface area contributed by atoms with Gasteiger partial charge in [-0.3, -0.25) is 9.36 Å². The van der Waals surface area contributed by atoms with Crippen LogP contribution in [0.15, 0.2) is 53.3 Å². The van der Waals surface area contributed by atoms with Crippen molar-refractivity contribution in [2.75, 3.05) is 5.32 Å². The van der Waals surface area contributed by atoms with Gasteiger partial charge < -0.3 is 10.3 Å². The van der Waals surface area contributed by atoms with E-state index < -0.39 is 11.7 Å². The van der Waals surface area contributed by atoms with Gasteiger partial charge in [0.1, 0.15) is 12.4 Å². The van der Waals surface area contributed by atoms with Crippen molar-refractivity contribution in [2.24, 2.45) is 0 Å². The highest BCUT2D eigenvalue weighted by atomic mass is 19.1. The number of hydrogen-bond donors (Lipinski definition) is 2. The maximum absolute atomic E-state index is 13.5. The molecule has 0 atom stereocenters. The number of nitrogens with one attached hydrogen (secondary N) is 2. The van der Waals surface area contributed by atoms with Gasteiger partial charge in [-0.05, 0) is 24.3 Å². The van der Waals surface area contributed by atoms with E-state index in [1.165, 1.54) is 22.8 Å². The highest BCUT2D eigenvalue weighted by molar-refractivity contribution is 5.91. The van der Waals surface area contributed by atoms with Gasteiger partial charge in [-0.25, -0.2) is 9.18 Å². The summed E-state index contributed by atoms with van der Waals surface area (Å²) < 4.78 is 14.8. The first-order chi connectivity index (χ1) is 10.1. The van der Waals surface area contributed by atoms with Crippen LogP contribution in [-0.4, -0.2) is 15.5 Å². The third kappa shape index (κ3) is 2.55. The van der Waals surface area contributed by atoms with Gasteiger partial charge in [0, 0.05) is 0 Å². The summed E-state index contributed by atoms with van der Waals surface area (Å²) in [7, 11) is 0. The normalized spacial score (nSPS) is 10.7. The Balaban J connectivity index is 1.86. The molecule has 2 aromatic carbocycles. The number of hydrogen-bond acceptors (Lipinski definition) is 2. The molecule has 2 N–H and O–H groups in total. The number of imidazole rings is 1. The number of benzene rings is 2. The number of aromatic nitrogens is 2. The average Bonchev–Trinajstić information content (AvgIpc) is 2.78. The molecule has 0 fully saturated rings. The molecule has 21 heavy (non-hydrogen) atoms. The molecule has 1 aromatic heterocycles. The first-order valence-electron chi connectivity index (χ1n) is 6.37. The summed E-state index contributed by atoms with van der Waals surface area (Å²) in [6, 6.07) is 12.9. The van der Waals surface area contributed by atoms with Crippen molar-refractivity contribution in [3.63, 3.8) is 0 Å². The second-order valence-electron chi connectivity index (χ2n) is 4.56. The standard InChI is InChI=1S/C15H12FN3O2/c16-10-5-1-2-6-11(10)17-14(20)9-19-13-8-4-3-7-12(13)18-15(19)21/h1-8H,9H2,(H,17,20)(H,18,21). The van der Waals surface area contributed by atoms with Crippen LogP contribution in [0.25, 0.3) is 11.0 Å². The molecular weight excluding hydrogens is 273 g/mol. The first kappa shape index (κ1) is 13.1. The highest BCUT2D eigenvalue weighted by Crippen LogP contribution is 2.13. The smallest absolute Gasteiger partial charge is 0.322 e. The van der Waals surface area contributed by atoms with E-state index in [0.717, 1.165) is 0 Å². The second-order valence-corrected chi connectivity index (χ2v) is 4.56. The molecule has 0 aliphatic heterocycles. The number of carbonyl (C=O) groups is 1. The molecule has 0 saturated carbocycles. The van der Waals surface area contributed by atoms with Crippen LogP contribution >= 0.6 is 0 Å². The zero-order valence-electron chi connectivity index (χ0n) is 11.0. The van der Waals surface area contributed by atoms with Crippen molar-refractivity contribution in [2.45, 2.75) is 6.54 Å². The van der Waals surface area contributed by atoms with Gasteiger partial charge in [0.2, 0.25) is 5.91 Å². The van der Waals surface area contributed by atoms with Gasteiger partial charge >= 0.3 is 5.69 Å². The number of amides is 1. The number of H-pyrrole nitrogens is 1. The minimum atomic E-state index is -0.517. The fraction of sp³-hybridized carbons (Fsp3) is 0.0667. The van der Waals surface area contributed by atoms with Crippen molar-refractivity contribution in [3.8, 4) is 0 Å². The molecule has 106 valence electrons. The first-order valence-corrected chi connectivity index (χ1v) is 6.37. The maximum Gasteiger partial charge on any atom is 0.326 e. The second kappa shape index (κ2) is 5.24. The molecule has 0 aliphatic rings. The quantitative estimate of drug-likeness (QED) is 0.774. The summed E-state index contributed by atoms with van der Waals surface area (Å²) >= 11 is 0. The van der Waals surface area contributed by atoms with Gasteiger partial charge in [0.15, 0.2) is 0 Å². The molecule has 1 heterocycles. The van der Waals surface area contributed by atoms with Crippen molar-refractivity contribution in [1.82, 2.24) is 9.55 Å².